The summed E-state index contributed by atoms with van der Waals surface area (Å²) in [4.78, 5) is 2.14. The topological polar surface area (TPSA) is 15.3 Å². The normalized spacial score (nSPS) is 28.3. The molecule has 4 heteroatoms. The van der Waals surface area contributed by atoms with Crippen LogP contribution in [0.1, 0.15) is 27.2 Å². The van der Waals surface area contributed by atoms with Crippen molar-refractivity contribution in [2.45, 2.75) is 45.2 Å². The van der Waals surface area contributed by atoms with Crippen molar-refractivity contribution in [3.8, 4) is 0 Å². The highest BCUT2D eigenvalue weighted by Crippen LogP contribution is 2.15. The molecule has 14 heavy (non-hydrogen) atoms. The predicted molar refractivity (Wildman–Crippen MR) is 53.7 cm³/mol. The molecule has 1 rings (SSSR count). The zero-order valence-corrected chi connectivity index (χ0v) is 9.19. The molecule has 0 amide bonds. The Morgan fingerprint density at radius 1 is 1.50 bits per heavy atom. The summed E-state index contributed by atoms with van der Waals surface area (Å²) in [5.41, 5.74) is 0.0502. The van der Waals surface area contributed by atoms with Gasteiger partial charge >= 0.3 is 0 Å². The quantitative estimate of drug-likeness (QED) is 0.756. The smallest absolute Gasteiger partial charge is 0.239 e. The molecule has 0 spiro atoms. The van der Waals surface area contributed by atoms with Gasteiger partial charge in [-0.2, -0.15) is 0 Å². The summed E-state index contributed by atoms with van der Waals surface area (Å²) in [5, 5.41) is 3.40. The molecule has 0 bridgehead atoms. The van der Waals surface area contributed by atoms with Crippen molar-refractivity contribution in [3.63, 3.8) is 0 Å². The molecule has 0 aliphatic carbocycles. The summed E-state index contributed by atoms with van der Waals surface area (Å²) >= 11 is 0. The molecule has 1 unspecified atom stereocenters. The van der Waals surface area contributed by atoms with E-state index in [-0.39, 0.29) is 12.0 Å². The van der Waals surface area contributed by atoms with Crippen LogP contribution in [0.4, 0.5) is 8.78 Å². The zero-order chi connectivity index (χ0) is 10.8. The number of piperazine rings is 1. The summed E-state index contributed by atoms with van der Waals surface area (Å²) < 4.78 is 24.1. The molecule has 1 heterocycles. The molecule has 2 nitrogen and oxygen atoms in total. The minimum Gasteiger partial charge on any atom is -0.309 e. The zero-order valence-electron chi connectivity index (χ0n) is 9.19. The average Bonchev–Trinajstić information content (AvgIpc) is 2.06. The second-order valence-electron chi connectivity index (χ2n) is 4.76. The third kappa shape index (κ3) is 3.50. The highest BCUT2D eigenvalue weighted by atomic mass is 19.3. The average molecular weight is 206 g/mol. The van der Waals surface area contributed by atoms with Crippen molar-refractivity contribution in [3.05, 3.63) is 0 Å². The highest BCUT2D eigenvalue weighted by molar-refractivity contribution is 4.90. The molecular formula is C10H20F2N2. The Balaban J connectivity index is 2.41. The van der Waals surface area contributed by atoms with E-state index in [2.05, 4.69) is 31.0 Å². The fraction of sp³-hybridized carbons (Fsp3) is 1.00. The Kier molecular flexibility index (Phi) is 3.84. The van der Waals surface area contributed by atoms with Gasteiger partial charge in [-0.3, -0.25) is 4.90 Å². The van der Waals surface area contributed by atoms with E-state index in [1.165, 1.54) is 0 Å². The molecule has 0 aromatic carbocycles. The molecule has 1 aliphatic heterocycles. The van der Waals surface area contributed by atoms with Gasteiger partial charge in [0.05, 0.1) is 0 Å². The Morgan fingerprint density at radius 3 is 2.71 bits per heavy atom. The van der Waals surface area contributed by atoms with Gasteiger partial charge in [0.1, 0.15) is 0 Å². The fourth-order valence-corrected chi connectivity index (χ4v) is 1.84. The molecule has 1 saturated heterocycles. The lowest BCUT2D eigenvalue weighted by atomic mass is 9.99. The lowest BCUT2D eigenvalue weighted by Crippen LogP contribution is -2.60. The van der Waals surface area contributed by atoms with Crippen LogP contribution >= 0.6 is 0 Å². The van der Waals surface area contributed by atoms with Crippen LogP contribution in [0, 0.1) is 0 Å². The van der Waals surface area contributed by atoms with Crippen LogP contribution in [-0.4, -0.2) is 42.5 Å². The molecule has 0 radical (unpaired) electrons. The Labute approximate surface area is 84.7 Å². The fourth-order valence-electron chi connectivity index (χ4n) is 1.84. The third-order valence-electron chi connectivity index (χ3n) is 2.73. The number of halogens is 2. The summed E-state index contributed by atoms with van der Waals surface area (Å²) in [7, 11) is 0. The van der Waals surface area contributed by atoms with Crippen LogP contribution in [0.2, 0.25) is 0 Å². The van der Waals surface area contributed by atoms with Gasteiger partial charge in [-0.15, -0.1) is 0 Å². The molecule has 1 atom stereocenters. The van der Waals surface area contributed by atoms with Crippen LogP contribution in [0.15, 0.2) is 0 Å². The number of hydrogen-bond donors (Lipinski definition) is 1. The number of hydrogen-bond acceptors (Lipinski definition) is 2. The number of nitrogens with zero attached hydrogens (tertiary/aromatic N) is 1. The monoisotopic (exact) mass is 206 g/mol. The molecule has 0 aromatic heterocycles. The number of rotatable bonds is 3. The molecule has 84 valence electrons. The van der Waals surface area contributed by atoms with Crippen molar-refractivity contribution < 1.29 is 8.78 Å². The molecule has 0 saturated carbocycles. The van der Waals surface area contributed by atoms with Crippen LogP contribution < -0.4 is 5.32 Å². The summed E-state index contributed by atoms with van der Waals surface area (Å²) in [6, 6.07) is 0.363. The van der Waals surface area contributed by atoms with E-state index in [9.17, 15) is 8.78 Å². The number of alkyl halides is 2. The second kappa shape index (κ2) is 4.53. The van der Waals surface area contributed by atoms with E-state index < -0.39 is 6.43 Å². The maximum atomic E-state index is 12.1. The minimum absolute atomic E-state index is 0.0135. The standard InChI is InChI=1S/C10H20F2N2/c1-8-6-13-10(2,3)7-14(8)5-4-9(11)12/h8-9,13H,4-7H2,1-3H3. The minimum atomic E-state index is -2.18. The van der Waals surface area contributed by atoms with Crippen LogP contribution in [0.3, 0.4) is 0 Å². The van der Waals surface area contributed by atoms with E-state index in [4.69, 9.17) is 0 Å². The summed E-state index contributed by atoms with van der Waals surface area (Å²) in [6.45, 7) is 8.53. The maximum absolute atomic E-state index is 12.1. The van der Waals surface area contributed by atoms with E-state index in [1.54, 1.807) is 0 Å². The molecule has 1 N–H and O–H groups in total. The van der Waals surface area contributed by atoms with E-state index in [0.29, 0.717) is 12.6 Å². The van der Waals surface area contributed by atoms with Crippen molar-refractivity contribution in [2.75, 3.05) is 19.6 Å². The first-order chi connectivity index (χ1) is 6.41. The molecule has 0 aromatic rings. The Hall–Kier alpha value is -0.220. The summed E-state index contributed by atoms with van der Waals surface area (Å²) in [5.74, 6) is 0. The van der Waals surface area contributed by atoms with E-state index >= 15 is 0 Å². The molecular weight excluding hydrogens is 186 g/mol. The lowest BCUT2D eigenvalue weighted by molar-refractivity contribution is 0.0684. The highest BCUT2D eigenvalue weighted by Gasteiger charge is 2.29. The van der Waals surface area contributed by atoms with Crippen LogP contribution in [0.5, 0.6) is 0 Å². The largest absolute Gasteiger partial charge is 0.309 e. The number of nitrogens with one attached hydrogen (secondary N) is 1. The second-order valence-corrected chi connectivity index (χ2v) is 4.76. The maximum Gasteiger partial charge on any atom is 0.239 e. The van der Waals surface area contributed by atoms with Crippen molar-refractivity contribution in [1.82, 2.24) is 10.2 Å². The first-order valence-corrected chi connectivity index (χ1v) is 5.18. The van der Waals surface area contributed by atoms with Crippen molar-refractivity contribution in [2.24, 2.45) is 0 Å². The van der Waals surface area contributed by atoms with Gasteiger partial charge in [0.25, 0.3) is 0 Å². The van der Waals surface area contributed by atoms with Crippen molar-refractivity contribution in [1.29, 1.82) is 0 Å². The van der Waals surface area contributed by atoms with Crippen molar-refractivity contribution >= 4 is 0 Å². The first kappa shape index (κ1) is 11.9. The molecule has 1 aliphatic rings. The molecule has 1 fully saturated rings. The van der Waals surface area contributed by atoms with Gasteiger partial charge < -0.3 is 5.32 Å². The Morgan fingerprint density at radius 2 is 2.14 bits per heavy atom. The van der Waals surface area contributed by atoms with Crippen LogP contribution in [-0.2, 0) is 0 Å². The van der Waals surface area contributed by atoms with Gasteiger partial charge in [-0.1, -0.05) is 0 Å². The van der Waals surface area contributed by atoms with Gasteiger partial charge in [-0.25, -0.2) is 8.78 Å². The van der Waals surface area contributed by atoms with E-state index in [0.717, 1.165) is 13.1 Å². The Bertz CT molecular complexity index is 183. The van der Waals surface area contributed by atoms with Crippen LogP contribution in [0.25, 0.3) is 0 Å². The SMILES string of the molecule is CC1CNC(C)(C)CN1CCC(F)F. The lowest BCUT2D eigenvalue weighted by Gasteiger charge is -2.43. The van der Waals surface area contributed by atoms with Gasteiger partial charge in [-0.05, 0) is 20.8 Å². The van der Waals surface area contributed by atoms with Gasteiger partial charge in [0.15, 0.2) is 0 Å². The first-order valence-electron chi connectivity index (χ1n) is 5.18. The third-order valence-corrected chi connectivity index (χ3v) is 2.73. The van der Waals surface area contributed by atoms with Gasteiger partial charge in [0.2, 0.25) is 6.43 Å². The predicted octanol–water partition coefficient (Wildman–Crippen LogP) is 1.71. The van der Waals surface area contributed by atoms with E-state index in [1.807, 2.05) is 0 Å². The van der Waals surface area contributed by atoms with Gasteiger partial charge in [0, 0.05) is 37.6 Å². The summed E-state index contributed by atoms with van der Waals surface area (Å²) in [6.07, 6.45) is -2.19.